The highest BCUT2D eigenvalue weighted by Crippen LogP contribution is 2.33. The summed E-state index contributed by atoms with van der Waals surface area (Å²) >= 11 is 0. The van der Waals surface area contributed by atoms with Crippen molar-refractivity contribution in [1.29, 1.82) is 0 Å². The van der Waals surface area contributed by atoms with Crippen molar-refractivity contribution in [1.82, 2.24) is 9.80 Å². The second-order valence-corrected chi connectivity index (χ2v) is 8.55. The molecule has 1 aromatic rings. The van der Waals surface area contributed by atoms with Crippen LogP contribution in [-0.4, -0.2) is 63.0 Å². The number of rotatable bonds is 3. The van der Waals surface area contributed by atoms with E-state index in [0.29, 0.717) is 42.5 Å². The minimum absolute atomic E-state index is 0.0545. The highest BCUT2D eigenvalue weighted by Gasteiger charge is 2.28. The van der Waals surface area contributed by atoms with Crippen LogP contribution in [0.2, 0.25) is 0 Å². The first-order valence-corrected chi connectivity index (χ1v) is 10.5. The highest BCUT2D eigenvalue weighted by molar-refractivity contribution is 7.90. The zero-order chi connectivity index (χ0) is 19.9. The van der Waals surface area contributed by atoms with Gasteiger partial charge in [-0.25, -0.2) is 8.42 Å². The van der Waals surface area contributed by atoms with Crippen LogP contribution in [0.25, 0.3) is 0 Å². The fourth-order valence-electron chi connectivity index (χ4n) is 3.57. The lowest BCUT2D eigenvalue weighted by atomic mass is 9.98. The van der Waals surface area contributed by atoms with Crippen LogP contribution in [0.5, 0.6) is 11.5 Å². The van der Waals surface area contributed by atoms with E-state index in [-0.39, 0.29) is 11.7 Å². The van der Waals surface area contributed by atoms with Crippen molar-refractivity contribution < 1.29 is 22.7 Å². The van der Waals surface area contributed by atoms with Gasteiger partial charge in [0.2, 0.25) is 0 Å². The van der Waals surface area contributed by atoms with Crippen molar-refractivity contribution >= 4 is 21.8 Å². The number of carbonyl (C=O) groups is 1. The van der Waals surface area contributed by atoms with E-state index in [1.165, 1.54) is 0 Å². The minimum atomic E-state index is -3.41. The van der Waals surface area contributed by atoms with E-state index in [2.05, 4.69) is 4.40 Å². The molecule has 0 aliphatic carbocycles. The molecule has 0 atom stereocenters. The van der Waals surface area contributed by atoms with E-state index in [1.54, 1.807) is 42.4 Å². The number of ether oxygens (including phenoxy) is 2. The summed E-state index contributed by atoms with van der Waals surface area (Å²) in [7, 11) is -0.215. The number of nitrogens with zero attached hydrogens (tertiary/aromatic N) is 3. The Morgan fingerprint density at radius 2 is 1.79 bits per heavy atom. The van der Waals surface area contributed by atoms with E-state index in [1.807, 2.05) is 12.1 Å². The summed E-state index contributed by atoms with van der Waals surface area (Å²) < 4.78 is 37.7. The van der Waals surface area contributed by atoms with Gasteiger partial charge in [0.05, 0.1) is 25.5 Å². The first-order valence-electron chi connectivity index (χ1n) is 8.92. The SMILES string of the molecule is COc1cc2c(cc1OC)CN(C(=O)C1=CN3CCS(=O)(=O)N=C3C=C1)CC2. The van der Waals surface area contributed by atoms with Gasteiger partial charge in [-0.15, -0.1) is 4.40 Å². The van der Waals surface area contributed by atoms with Gasteiger partial charge in [-0.3, -0.25) is 4.79 Å². The van der Waals surface area contributed by atoms with E-state index in [9.17, 15) is 13.2 Å². The predicted octanol–water partition coefficient (Wildman–Crippen LogP) is 1.09. The lowest BCUT2D eigenvalue weighted by Gasteiger charge is -2.32. The zero-order valence-electron chi connectivity index (χ0n) is 15.7. The molecular formula is C19H21N3O5S. The molecule has 0 bridgehead atoms. The Kier molecular flexibility index (Phi) is 4.62. The average molecular weight is 403 g/mol. The van der Waals surface area contributed by atoms with E-state index >= 15 is 0 Å². The molecule has 148 valence electrons. The lowest BCUT2D eigenvalue weighted by Crippen LogP contribution is -2.40. The van der Waals surface area contributed by atoms with Gasteiger partial charge in [0, 0.05) is 25.8 Å². The highest BCUT2D eigenvalue weighted by atomic mass is 32.2. The van der Waals surface area contributed by atoms with E-state index < -0.39 is 10.0 Å². The summed E-state index contributed by atoms with van der Waals surface area (Å²) in [6.45, 7) is 1.37. The molecular weight excluding hydrogens is 382 g/mol. The lowest BCUT2D eigenvalue weighted by molar-refractivity contribution is -0.127. The van der Waals surface area contributed by atoms with Gasteiger partial charge in [0.1, 0.15) is 5.84 Å². The Balaban J connectivity index is 1.55. The molecule has 0 radical (unpaired) electrons. The predicted molar refractivity (Wildman–Crippen MR) is 104 cm³/mol. The molecule has 1 amide bonds. The van der Waals surface area contributed by atoms with Crippen LogP contribution < -0.4 is 9.47 Å². The maximum absolute atomic E-state index is 13.0. The van der Waals surface area contributed by atoms with Gasteiger partial charge in [-0.1, -0.05) is 0 Å². The molecule has 9 heteroatoms. The van der Waals surface area contributed by atoms with Crippen LogP contribution in [0.15, 0.2) is 40.5 Å². The number of benzene rings is 1. The molecule has 3 heterocycles. The first-order chi connectivity index (χ1) is 13.4. The summed E-state index contributed by atoms with van der Waals surface area (Å²) in [4.78, 5) is 16.5. The molecule has 4 rings (SSSR count). The Morgan fingerprint density at radius 1 is 1.07 bits per heavy atom. The van der Waals surface area contributed by atoms with Crippen molar-refractivity contribution in [2.45, 2.75) is 13.0 Å². The Hall–Kier alpha value is -2.81. The Bertz CT molecular complexity index is 1030. The summed E-state index contributed by atoms with van der Waals surface area (Å²) in [6.07, 6.45) is 5.62. The first kappa shape index (κ1) is 18.5. The van der Waals surface area contributed by atoms with Crippen molar-refractivity contribution in [3.8, 4) is 11.5 Å². The number of fused-ring (bicyclic) bond motifs is 2. The smallest absolute Gasteiger partial charge is 0.256 e. The van der Waals surface area contributed by atoms with Crippen LogP contribution >= 0.6 is 0 Å². The monoisotopic (exact) mass is 403 g/mol. The number of hydrogen-bond donors (Lipinski definition) is 0. The number of amidine groups is 1. The fraction of sp³-hybridized carbons (Fsp3) is 0.368. The van der Waals surface area contributed by atoms with Crippen molar-refractivity contribution in [3.05, 3.63) is 47.2 Å². The molecule has 0 aromatic heterocycles. The average Bonchev–Trinajstić information content (AvgIpc) is 2.70. The quantitative estimate of drug-likeness (QED) is 0.751. The van der Waals surface area contributed by atoms with Crippen LogP contribution in [0, 0.1) is 0 Å². The minimum Gasteiger partial charge on any atom is -0.493 e. The van der Waals surface area contributed by atoms with Crippen molar-refractivity contribution in [2.75, 3.05) is 33.1 Å². The van der Waals surface area contributed by atoms with Crippen molar-refractivity contribution in [2.24, 2.45) is 4.40 Å². The third-order valence-electron chi connectivity index (χ3n) is 5.08. The van der Waals surface area contributed by atoms with Crippen LogP contribution in [0.1, 0.15) is 11.1 Å². The molecule has 3 aliphatic heterocycles. The number of hydrogen-bond acceptors (Lipinski definition) is 6. The molecule has 0 N–H and O–H groups in total. The van der Waals surface area contributed by atoms with Crippen LogP contribution in [0.3, 0.4) is 0 Å². The number of sulfonamides is 1. The molecule has 3 aliphatic rings. The number of methoxy groups -OCH3 is 2. The number of amides is 1. The van der Waals surface area contributed by atoms with Gasteiger partial charge in [0.25, 0.3) is 15.9 Å². The second kappa shape index (κ2) is 6.97. The molecule has 28 heavy (non-hydrogen) atoms. The van der Waals surface area contributed by atoms with Crippen molar-refractivity contribution in [3.63, 3.8) is 0 Å². The summed E-state index contributed by atoms with van der Waals surface area (Å²) in [5.41, 5.74) is 2.69. The van der Waals surface area contributed by atoms with Gasteiger partial charge in [-0.2, -0.15) is 0 Å². The largest absolute Gasteiger partial charge is 0.493 e. The molecule has 0 spiro atoms. The van der Waals surface area contributed by atoms with Gasteiger partial charge in [0.15, 0.2) is 11.5 Å². The zero-order valence-corrected chi connectivity index (χ0v) is 16.5. The van der Waals surface area contributed by atoms with E-state index in [0.717, 1.165) is 17.5 Å². The standard InChI is InChI=1S/C19H21N3O5S/c1-26-16-9-13-5-6-22(12-15(13)10-17(16)27-2)19(23)14-3-4-18-20-28(24,25)8-7-21(18)11-14/h3-4,9-11H,5-8,12H2,1-2H3. The molecule has 0 saturated carbocycles. The molecule has 8 nitrogen and oxygen atoms in total. The normalized spacial score (nSPS) is 19.9. The second-order valence-electron chi connectivity index (χ2n) is 6.80. The van der Waals surface area contributed by atoms with Gasteiger partial charge >= 0.3 is 0 Å². The van der Waals surface area contributed by atoms with Crippen LogP contribution in [0.4, 0.5) is 0 Å². The van der Waals surface area contributed by atoms with E-state index in [4.69, 9.17) is 9.47 Å². The maximum atomic E-state index is 13.0. The number of carbonyl (C=O) groups excluding carboxylic acids is 1. The maximum Gasteiger partial charge on any atom is 0.256 e. The molecule has 0 saturated heterocycles. The Labute approximate surface area is 163 Å². The summed E-state index contributed by atoms with van der Waals surface area (Å²) in [5.74, 6) is 1.53. The summed E-state index contributed by atoms with van der Waals surface area (Å²) in [5, 5.41) is 0. The van der Waals surface area contributed by atoms with Gasteiger partial charge in [-0.05, 0) is 41.8 Å². The van der Waals surface area contributed by atoms with Gasteiger partial charge < -0.3 is 19.3 Å². The molecule has 1 aromatic carbocycles. The Morgan fingerprint density at radius 3 is 2.50 bits per heavy atom. The van der Waals surface area contributed by atoms with Crippen LogP contribution in [-0.2, 0) is 27.8 Å². The topological polar surface area (TPSA) is 88.5 Å². The molecule has 0 unspecified atom stereocenters. The molecule has 0 fully saturated rings. The fourth-order valence-corrected chi connectivity index (χ4v) is 4.54. The third kappa shape index (κ3) is 3.37. The summed E-state index contributed by atoms with van der Waals surface area (Å²) in [6, 6.07) is 3.88. The third-order valence-corrected chi connectivity index (χ3v) is 6.24.